The Hall–Kier alpha value is -2.80. The first-order valence-electron chi connectivity index (χ1n) is 7.53. The maximum absolute atomic E-state index is 13.0. The minimum absolute atomic E-state index is 0.284. The van der Waals surface area contributed by atoms with E-state index in [0.717, 1.165) is 15.4 Å². The van der Waals surface area contributed by atoms with Gasteiger partial charge in [0.1, 0.15) is 22.7 Å². The predicted molar refractivity (Wildman–Crippen MR) is 99.7 cm³/mol. The standard InChI is InChI=1S/C18H12BrFN4O/c1-10-22-16-14-8-12(19)4-7-15(14)23-17(16)18(25)24(10)21-9-11-2-5-13(20)6-3-11/h2-9,23H,1H3/b21-9+. The summed E-state index contributed by atoms with van der Waals surface area (Å²) < 4.78 is 15.1. The van der Waals surface area contributed by atoms with Crippen LogP contribution in [0.3, 0.4) is 0 Å². The molecule has 0 aliphatic heterocycles. The zero-order chi connectivity index (χ0) is 17.6. The molecule has 0 amide bonds. The van der Waals surface area contributed by atoms with Crippen LogP contribution in [0.2, 0.25) is 0 Å². The minimum Gasteiger partial charge on any atom is -0.349 e. The molecule has 25 heavy (non-hydrogen) atoms. The Bertz CT molecular complexity index is 1190. The molecule has 0 atom stereocenters. The predicted octanol–water partition coefficient (Wildman–Crippen LogP) is 3.97. The quantitative estimate of drug-likeness (QED) is 0.519. The van der Waals surface area contributed by atoms with Gasteiger partial charge in [-0.05, 0) is 42.8 Å². The smallest absolute Gasteiger partial charge is 0.298 e. The molecule has 0 radical (unpaired) electrons. The molecule has 0 bridgehead atoms. The van der Waals surface area contributed by atoms with E-state index in [1.165, 1.54) is 23.0 Å². The lowest BCUT2D eigenvalue weighted by Crippen LogP contribution is -2.20. The summed E-state index contributed by atoms with van der Waals surface area (Å²) in [7, 11) is 0. The van der Waals surface area contributed by atoms with Gasteiger partial charge < -0.3 is 4.98 Å². The topological polar surface area (TPSA) is 63.0 Å². The molecule has 2 heterocycles. The number of nitrogens with one attached hydrogen (secondary N) is 1. The zero-order valence-electron chi connectivity index (χ0n) is 13.1. The van der Waals surface area contributed by atoms with Crippen molar-refractivity contribution in [3.05, 3.63) is 74.5 Å². The van der Waals surface area contributed by atoms with E-state index < -0.39 is 0 Å². The molecule has 124 valence electrons. The molecule has 0 fully saturated rings. The molecule has 0 aliphatic carbocycles. The van der Waals surface area contributed by atoms with Crippen molar-refractivity contribution < 1.29 is 4.39 Å². The molecule has 1 N–H and O–H groups in total. The molecule has 2 aromatic carbocycles. The third-order valence-corrected chi connectivity index (χ3v) is 4.41. The van der Waals surface area contributed by atoms with Crippen LogP contribution in [0.25, 0.3) is 21.9 Å². The van der Waals surface area contributed by atoms with Crippen molar-refractivity contribution in [3.63, 3.8) is 0 Å². The third kappa shape index (κ3) is 2.76. The number of H-pyrrole nitrogens is 1. The highest BCUT2D eigenvalue weighted by Crippen LogP contribution is 2.25. The van der Waals surface area contributed by atoms with Gasteiger partial charge in [-0.25, -0.2) is 9.37 Å². The van der Waals surface area contributed by atoms with Crippen LogP contribution in [0.4, 0.5) is 4.39 Å². The van der Waals surface area contributed by atoms with Gasteiger partial charge in [0.2, 0.25) is 0 Å². The third-order valence-electron chi connectivity index (χ3n) is 3.91. The van der Waals surface area contributed by atoms with Crippen LogP contribution in [0.15, 0.2) is 56.8 Å². The normalized spacial score (nSPS) is 11.8. The molecule has 4 rings (SSSR count). The molecule has 7 heteroatoms. The van der Waals surface area contributed by atoms with Gasteiger partial charge in [-0.15, -0.1) is 0 Å². The summed E-state index contributed by atoms with van der Waals surface area (Å²) in [6.07, 6.45) is 1.50. The maximum Gasteiger partial charge on any atom is 0.298 e. The van der Waals surface area contributed by atoms with Gasteiger partial charge in [0.25, 0.3) is 5.56 Å². The molecular formula is C18H12BrFN4O. The number of hydrogen-bond donors (Lipinski definition) is 1. The highest BCUT2D eigenvalue weighted by molar-refractivity contribution is 9.10. The minimum atomic E-state index is -0.321. The number of halogens is 2. The fraction of sp³-hybridized carbons (Fsp3) is 0.0556. The number of hydrogen-bond acceptors (Lipinski definition) is 3. The van der Waals surface area contributed by atoms with Crippen molar-refractivity contribution in [1.29, 1.82) is 0 Å². The van der Waals surface area contributed by atoms with Crippen LogP contribution < -0.4 is 5.56 Å². The van der Waals surface area contributed by atoms with E-state index in [4.69, 9.17) is 0 Å². The summed E-state index contributed by atoms with van der Waals surface area (Å²) in [6.45, 7) is 1.72. The number of nitrogens with zero attached hydrogens (tertiary/aromatic N) is 3. The summed E-state index contributed by atoms with van der Waals surface area (Å²) in [4.78, 5) is 20.4. The van der Waals surface area contributed by atoms with Crippen LogP contribution in [-0.4, -0.2) is 20.9 Å². The van der Waals surface area contributed by atoms with Crippen molar-refractivity contribution in [2.75, 3.05) is 0 Å². The Morgan fingerprint density at radius 3 is 2.76 bits per heavy atom. The van der Waals surface area contributed by atoms with Crippen LogP contribution >= 0.6 is 15.9 Å². The lowest BCUT2D eigenvalue weighted by molar-refractivity contribution is 0.628. The first kappa shape index (κ1) is 15.7. The monoisotopic (exact) mass is 398 g/mol. The Kier molecular flexibility index (Phi) is 3.73. The van der Waals surface area contributed by atoms with Gasteiger partial charge in [-0.3, -0.25) is 4.79 Å². The van der Waals surface area contributed by atoms with Gasteiger partial charge in [0.05, 0.1) is 6.21 Å². The summed E-state index contributed by atoms with van der Waals surface area (Å²) in [5.41, 5.74) is 2.26. The Labute approximate surface area is 150 Å². The largest absolute Gasteiger partial charge is 0.349 e. The van der Waals surface area contributed by atoms with Crippen molar-refractivity contribution >= 4 is 44.1 Å². The van der Waals surface area contributed by atoms with Crippen molar-refractivity contribution in [2.45, 2.75) is 6.92 Å². The van der Waals surface area contributed by atoms with E-state index >= 15 is 0 Å². The maximum atomic E-state index is 13.0. The number of aromatic nitrogens is 3. The fourth-order valence-corrected chi connectivity index (χ4v) is 3.05. The van der Waals surface area contributed by atoms with Gasteiger partial charge in [-0.1, -0.05) is 28.1 Å². The average Bonchev–Trinajstić information content (AvgIpc) is 2.94. The van der Waals surface area contributed by atoms with E-state index in [1.807, 2.05) is 18.2 Å². The summed E-state index contributed by atoms with van der Waals surface area (Å²) in [6, 6.07) is 11.6. The van der Waals surface area contributed by atoms with Gasteiger partial charge >= 0.3 is 0 Å². The Morgan fingerprint density at radius 1 is 1.24 bits per heavy atom. The summed E-state index contributed by atoms with van der Waals surface area (Å²) >= 11 is 3.43. The second-order valence-electron chi connectivity index (χ2n) is 5.61. The lowest BCUT2D eigenvalue weighted by Gasteiger charge is -2.03. The van der Waals surface area contributed by atoms with Crippen molar-refractivity contribution in [1.82, 2.24) is 14.6 Å². The lowest BCUT2D eigenvalue weighted by atomic mass is 10.2. The second kappa shape index (κ2) is 5.93. The van der Waals surface area contributed by atoms with Crippen LogP contribution in [0.1, 0.15) is 11.4 Å². The number of fused-ring (bicyclic) bond motifs is 3. The van der Waals surface area contributed by atoms with Crippen molar-refractivity contribution in [2.24, 2.45) is 5.10 Å². The number of rotatable bonds is 2. The molecule has 5 nitrogen and oxygen atoms in total. The molecular weight excluding hydrogens is 387 g/mol. The van der Waals surface area contributed by atoms with Gasteiger partial charge in [0.15, 0.2) is 0 Å². The highest BCUT2D eigenvalue weighted by Gasteiger charge is 2.13. The van der Waals surface area contributed by atoms with E-state index in [0.29, 0.717) is 22.4 Å². The molecule has 0 aliphatic rings. The van der Waals surface area contributed by atoms with Crippen LogP contribution in [0, 0.1) is 12.7 Å². The molecule has 0 saturated carbocycles. The Balaban J connectivity index is 1.88. The molecule has 2 aromatic heterocycles. The van der Waals surface area contributed by atoms with Gasteiger partial charge in [0, 0.05) is 15.4 Å². The number of aromatic amines is 1. The van der Waals surface area contributed by atoms with Crippen LogP contribution in [0.5, 0.6) is 0 Å². The SMILES string of the molecule is Cc1nc2c([nH]c3ccc(Br)cc32)c(=O)n1/N=C/c1ccc(F)cc1. The second-order valence-corrected chi connectivity index (χ2v) is 6.53. The first-order valence-corrected chi connectivity index (χ1v) is 8.33. The summed E-state index contributed by atoms with van der Waals surface area (Å²) in [5.74, 6) is 0.148. The van der Waals surface area contributed by atoms with E-state index in [9.17, 15) is 9.18 Å². The summed E-state index contributed by atoms with van der Waals surface area (Å²) in [5, 5.41) is 5.08. The Morgan fingerprint density at radius 2 is 2.00 bits per heavy atom. The average molecular weight is 399 g/mol. The number of benzene rings is 2. The van der Waals surface area contributed by atoms with E-state index in [-0.39, 0.29) is 11.4 Å². The highest BCUT2D eigenvalue weighted by atomic mass is 79.9. The molecule has 0 saturated heterocycles. The van der Waals surface area contributed by atoms with E-state index in [1.54, 1.807) is 19.1 Å². The van der Waals surface area contributed by atoms with E-state index in [2.05, 4.69) is 31.0 Å². The molecule has 4 aromatic rings. The fourth-order valence-electron chi connectivity index (χ4n) is 2.69. The zero-order valence-corrected chi connectivity index (χ0v) is 14.7. The first-order chi connectivity index (χ1) is 12.0. The van der Waals surface area contributed by atoms with Crippen LogP contribution in [-0.2, 0) is 0 Å². The molecule has 0 spiro atoms. The molecule has 0 unspecified atom stereocenters. The van der Waals surface area contributed by atoms with Gasteiger partial charge in [-0.2, -0.15) is 9.78 Å². The van der Waals surface area contributed by atoms with Crippen molar-refractivity contribution in [3.8, 4) is 0 Å². The number of aryl methyl sites for hydroxylation is 1.